The predicted octanol–water partition coefficient (Wildman–Crippen LogP) is 0.570. The number of aliphatic carboxylic acids is 1. The van der Waals surface area contributed by atoms with Gasteiger partial charge in [0.2, 0.25) is 0 Å². The van der Waals surface area contributed by atoms with Gasteiger partial charge in [-0.25, -0.2) is 9.97 Å². The highest BCUT2D eigenvalue weighted by atomic mass is 16.4. The van der Waals surface area contributed by atoms with Gasteiger partial charge in [-0.3, -0.25) is 4.79 Å². The van der Waals surface area contributed by atoms with E-state index in [0.29, 0.717) is 25.3 Å². The molecule has 3 N–H and O–H groups in total. The van der Waals surface area contributed by atoms with E-state index in [1.54, 1.807) is 13.0 Å². The molecule has 0 amide bonds. The molecule has 1 aromatic rings. The molecule has 110 valence electrons. The zero-order valence-electron chi connectivity index (χ0n) is 11.5. The van der Waals surface area contributed by atoms with Crippen LogP contribution in [0.3, 0.4) is 0 Å². The molecular formula is C13H20N4O3. The maximum absolute atomic E-state index is 11.1. The Hall–Kier alpha value is -1.89. The van der Waals surface area contributed by atoms with E-state index in [1.165, 1.54) is 6.33 Å². The highest BCUT2D eigenvalue weighted by molar-refractivity contribution is 5.71. The van der Waals surface area contributed by atoms with Crippen molar-refractivity contribution < 1.29 is 15.0 Å². The largest absolute Gasteiger partial charge is 0.481 e. The van der Waals surface area contributed by atoms with Gasteiger partial charge >= 0.3 is 5.97 Å². The summed E-state index contributed by atoms with van der Waals surface area (Å²) in [5, 5.41) is 21.4. The first kappa shape index (κ1) is 14.5. The summed E-state index contributed by atoms with van der Waals surface area (Å²) in [6.45, 7) is 3.38. The Morgan fingerprint density at radius 3 is 3.10 bits per heavy atom. The van der Waals surface area contributed by atoms with E-state index < -0.39 is 12.1 Å². The van der Waals surface area contributed by atoms with E-state index >= 15 is 0 Å². The zero-order chi connectivity index (χ0) is 14.5. The van der Waals surface area contributed by atoms with Crippen molar-refractivity contribution in [1.82, 2.24) is 9.97 Å². The van der Waals surface area contributed by atoms with Gasteiger partial charge in [-0.15, -0.1) is 0 Å². The molecule has 2 atom stereocenters. The Labute approximate surface area is 117 Å². The molecule has 0 aliphatic carbocycles. The van der Waals surface area contributed by atoms with Crippen molar-refractivity contribution >= 4 is 17.6 Å². The molecule has 0 spiro atoms. The number of hydrogen-bond acceptors (Lipinski definition) is 6. The summed E-state index contributed by atoms with van der Waals surface area (Å²) < 4.78 is 0. The van der Waals surface area contributed by atoms with Crippen LogP contribution in [0.4, 0.5) is 11.6 Å². The lowest BCUT2D eigenvalue weighted by Crippen LogP contribution is -2.39. The number of aromatic nitrogens is 2. The molecule has 2 unspecified atom stereocenters. The SMILES string of the molecule is CC(O)CNc1cc(N2CCCC(C(=O)O)C2)ncn1. The lowest BCUT2D eigenvalue weighted by atomic mass is 9.98. The van der Waals surface area contributed by atoms with Gasteiger partial charge in [-0.05, 0) is 19.8 Å². The third-order valence-corrected chi connectivity index (χ3v) is 3.33. The van der Waals surface area contributed by atoms with Crippen LogP contribution in [0.25, 0.3) is 0 Å². The van der Waals surface area contributed by atoms with Crippen molar-refractivity contribution in [3.63, 3.8) is 0 Å². The summed E-state index contributed by atoms with van der Waals surface area (Å²) >= 11 is 0. The molecule has 1 aliphatic heterocycles. The van der Waals surface area contributed by atoms with Gasteiger partial charge in [0.15, 0.2) is 0 Å². The number of carboxylic acids is 1. The normalized spacial score (nSPS) is 20.5. The highest BCUT2D eigenvalue weighted by Crippen LogP contribution is 2.22. The van der Waals surface area contributed by atoms with E-state index in [2.05, 4.69) is 15.3 Å². The number of carbonyl (C=O) groups is 1. The van der Waals surface area contributed by atoms with Crippen molar-refractivity contribution in [3.8, 4) is 0 Å². The maximum atomic E-state index is 11.1. The number of nitrogens with one attached hydrogen (secondary N) is 1. The molecule has 7 heteroatoms. The third-order valence-electron chi connectivity index (χ3n) is 3.33. The molecule has 0 bridgehead atoms. The molecular weight excluding hydrogens is 260 g/mol. The fourth-order valence-corrected chi connectivity index (χ4v) is 2.26. The molecule has 1 aliphatic rings. The number of hydrogen-bond donors (Lipinski definition) is 3. The molecule has 2 rings (SSSR count). The first-order valence-electron chi connectivity index (χ1n) is 6.78. The van der Waals surface area contributed by atoms with Crippen molar-refractivity contribution in [2.45, 2.75) is 25.9 Å². The Bertz CT molecular complexity index is 467. The summed E-state index contributed by atoms with van der Waals surface area (Å²) in [6.07, 6.45) is 2.55. The first-order valence-corrected chi connectivity index (χ1v) is 6.78. The summed E-state index contributed by atoms with van der Waals surface area (Å²) in [5.41, 5.74) is 0. The Morgan fingerprint density at radius 2 is 2.40 bits per heavy atom. The number of carboxylic acid groups (broad SMARTS) is 1. The van der Waals surface area contributed by atoms with Gasteiger partial charge in [-0.1, -0.05) is 0 Å². The predicted molar refractivity (Wildman–Crippen MR) is 74.8 cm³/mol. The molecule has 0 radical (unpaired) electrons. The summed E-state index contributed by atoms with van der Waals surface area (Å²) in [7, 11) is 0. The van der Waals surface area contributed by atoms with Crippen molar-refractivity contribution in [2.75, 3.05) is 29.9 Å². The fraction of sp³-hybridized carbons (Fsp3) is 0.615. The third kappa shape index (κ3) is 3.80. The van der Waals surface area contributed by atoms with E-state index in [-0.39, 0.29) is 5.92 Å². The van der Waals surface area contributed by atoms with Crippen LogP contribution in [0.15, 0.2) is 12.4 Å². The number of rotatable bonds is 5. The Kier molecular flexibility index (Phi) is 4.73. The standard InChI is InChI=1S/C13H20N4O3/c1-9(18)6-14-11-5-12(16-8-15-11)17-4-2-3-10(7-17)13(19)20/h5,8-10,18H,2-4,6-7H2,1H3,(H,19,20)(H,14,15,16). The summed E-state index contributed by atoms with van der Waals surface area (Å²) in [5.74, 6) is 0.260. The summed E-state index contributed by atoms with van der Waals surface area (Å²) in [6, 6.07) is 1.78. The smallest absolute Gasteiger partial charge is 0.308 e. The van der Waals surface area contributed by atoms with E-state index in [9.17, 15) is 9.90 Å². The fourth-order valence-electron chi connectivity index (χ4n) is 2.26. The molecule has 1 saturated heterocycles. The molecule has 0 saturated carbocycles. The number of aliphatic hydroxyl groups excluding tert-OH is 1. The molecule has 2 heterocycles. The number of aliphatic hydroxyl groups is 1. The minimum absolute atomic E-state index is 0.340. The average Bonchev–Trinajstić information content (AvgIpc) is 2.45. The van der Waals surface area contributed by atoms with Crippen LogP contribution in [-0.4, -0.2) is 51.9 Å². The van der Waals surface area contributed by atoms with Crippen LogP contribution >= 0.6 is 0 Å². The Morgan fingerprint density at radius 1 is 1.60 bits per heavy atom. The quantitative estimate of drug-likeness (QED) is 0.725. The summed E-state index contributed by atoms with van der Waals surface area (Å²) in [4.78, 5) is 21.3. The lowest BCUT2D eigenvalue weighted by Gasteiger charge is -2.31. The Balaban J connectivity index is 2.04. The second kappa shape index (κ2) is 6.51. The van der Waals surface area contributed by atoms with Gasteiger partial charge < -0.3 is 20.4 Å². The van der Waals surface area contributed by atoms with E-state index in [0.717, 1.165) is 18.8 Å². The van der Waals surface area contributed by atoms with Crippen molar-refractivity contribution in [3.05, 3.63) is 12.4 Å². The molecule has 0 aromatic carbocycles. The second-order valence-corrected chi connectivity index (χ2v) is 5.11. The topological polar surface area (TPSA) is 98.6 Å². The zero-order valence-corrected chi connectivity index (χ0v) is 11.5. The molecule has 7 nitrogen and oxygen atoms in total. The highest BCUT2D eigenvalue weighted by Gasteiger charge is 2.26. The number of anilines is 2. The van der Waals surface area contributed by atoms with E-state index in [1.807, 2.05) is 4.90 Å². The van der Waals surface area contributed by atoms with Gasteiger partial charge in [0.25, 0.3) is 0 Å². The van der Waals surface area contributed by atoms with Gasteiger partial charge in [-0.2, -0.15) is 0 Å². The van der Waals surface area contributed by atoms with Crippen LogP contribution < -0.4 is 10.2 Å². The van der Waals surface area contributed by atoms with Crippen molar-refractivity contribution in [1.29, 1.82) is 0 Å². The number of piperidine rings is 1. The van der Waals surface area contributed by atoms with E-state index in [4.69, 9.17) is 5.11 Å². The minimum Gasteiger partial charge on any atom is -0.481 e. The molecule has 1 fully saturated rings. The van der Waals surface area contributed by atoms with Gasteiger partial charge in [0.1, 0.15) is 18.0 Å². The second-order valence-electron chi connectivity index (χ2n) is 5.11. The minimum atomic E-state index is -0.754. The van der Waals surface area contributed by atoms with Crippen LogP contribution in [0.1, 0.15) is 19.8 Å². The molecule has 20 heavy (non-hydrogen) atoms. The number of nitrogens with zero attached hydrogens (tertiary/aromatic N) is 3. The molecule has 1 aromatic heterocycles. The van der Waals surface area contributed by atoms with Crippen LogP contribution in [-0.2, 0) is 4.79 Å². The monoisotopic (exact) mass is 280 g/mol. The average molecular weight is 280 g/mol. The van der Waals surface area contributed by atoms with Crippen LogP contribution in [0.5, 0.6) is 0 Å². The lowest BCUT2D eigenvalue weighted by molar-refractivity contribution is -0.141. The van der Waals surface area contributed by atoms with Gasteiger partial charge in [0, 0.05) is 25.7 Å². The van der Waals surface area contributed by atoms with Crippen molar-refractivity contribution in [2.24, 2.45) is 5.92 Å². The maximum Gasteiger partial charge on any atom is 0.308 e. The first-order chi connectivity index (χ1) is 9.56. The van der Waals surface area contributed by atoms with Crippen LogP contribution in [0, 0.1) is 5.92 Å². The van der Waals surface area contributed by atoms with Crippen LogP contribution in [0.2, 0.25) is 0 Å². The van der Waals surface area contributed by atoms with Gasteiger partial charge in [0.05, 0.1) is 12.0 Å².